The van der Waals surface area contributed by atoms with Gasteiger partial charge in [-0.25, -0.2) is 0 Å². The standard InChI is InChI=1S/C13H24N2O2/c1-5-11(16)14-12(9(2)3)13(17)15-8-6-7-10(15)4/h9-10,12H,5-8H2,1-4H3,(H,14,16)/t10-,12+/m1/s1. The summed E-state index contributed by atoms with van der Waals surface area (Å²) in [6.45, 7) is 8.64. The van der Waals surface area contributed by atoms with E-state index in [0.717, 1.165) is 19.4 Å². The zero-order valence-corrected chi connectivity index (χ0v) is 11.3. The van der Waals surface area contributed by atoms with Crippen molar-refractivity contribution >= 4 is 11.8 Å². The van der Waals surface area contributed by atoms with Crippen LogP contribution in [-0.2, 0) is 9.59 Å². The normalized spacial score (nSPS) is 21.7. The van der Waals surface area contributed by atoms with Gasteiger partial charge in [-0.3, -0.25) is 9.59 Å². The highest BCUT2D eigenvalue weighted by Crippen LogP contribution is 2.19. The molecule has 0 radical (unpaired) electrons. The van der Waals surface area contributed by atoms with Crippen molar-refractivity contribution in [3.63, 3.8) is 0 Å². The lowest BCUT2D eigenvalue weighted by atomic mass is 10.0. The van der Waals surface area contributed by atoms with Gasteiger partial charge in [0.2, 0.25) is 11.8 Å². The fourth-order valence-electron chi connectivity index (χ4n) is 2.23. The van der Waals surface area contributed by atoms with Crippen molar-refractivity contribution in [2.45, 2.75) is 59.0 Å². The highest BCUT2D eigenvalue weighted by molar-refractivity contribution is 5.88. The quantitative estimate of drug-likeness (QED) is 0.810. The molecule has 1 aliphatic rings. The van der Waals surface area contributed by atoms with Crippen LogP contribution in [0.5, 0.6) is 0 Å². The minimum absolute atomic E-state index is 0.0519. The molecule has 2 atom stereocenters. The Hall–Kier alpha value is -1.06. The van der Waals surface area contributed by atoms with E-state index < -0.39 is 0 Å². The van der Waals surface area contributed by atoms with E-state index in [2.05, 4.69) is 12.2 Å². The monoisotopic (exact) mass is 240 g/mol. The predicted molar refractivity (Wildman–Crippen MR) is 67.5 cm³/mol. The number of nitrogens with one attached hydrogen (secondary N) is 1. The van der Waals surface area contributed by atoms with Gasteiger partial charge in [0.25, 0.3) is 0 Å². The largest absolute Gasteiger partial charge is 0.344 e. The second kappa shape index (κ2) is 6.03. The lowest BCUT2D eigenvalue weighted by molar-refractivity contribution is -0.138. The molecule has 4 nitrogen and oxygen atoms in total. The fraction of sp³-hybridized carbons (Fsp3) is 0.846. The minimum atomic E-state index is -0.372. The molecule has 0 aromatic carbocycles. The van der Waals surface area contributed by atoms with Gasteiger partial charge in [-0.05, 0) is 25.7 Å². The molecular formula is C13H24N2O2. The van der Waals surface area contributed by atoms with E-state index in [9.17, 15) is 9.59 Å². The Balaban J connectivity index is 2.69. The van der Waals surface area contributed by atoms with Gasteiger partial charge in [-0.1, -0.05) is 20.8 Å². The summed E-state index contributed by atoms with van der Waals surface area (Å²) in [5, 5.41) is 2.83. The van der Waals surface area contributed by atoms with Crippen molar-refractivity contribution < 1.29 is 9.59 Å². The van der Waals surface area contributed by atoms with Crippen LogP contribution in [-0.4, -0.2) is 35.3 Å². The predicted octanol–water partition coefficient (Wildman–Crippen LogP) is 1.55. The summed E-state index contributed by atoms with van der Waals surface area (Å²) in [6, 6.07) is -0.0646. The number of amides is 2. The SMILES string of the molecule is CCC(=O)N[C@H](C(=O)N1CCC[C@H]1C)C(C)C. The molecule has 0 aromatic heterocycles. The Labute approximate surface area is 104 Å². The van der Waals surface area contributed by atoms with Gasteiger partial charge >= 0.3 is 0 Å². The number of likely N-dealkylation sites (tertiary alicyclic amines) is 1. The number of hydrogen-bond acceptors (Lipinski definition) is 2. The molecular weight excluding hydrogens is 216 g/mol. The van der Waals surface area contributed by atoms with Gasteiger partial charge in [-0.2, -0.15) is 0 Å². The van der Waals surface area contributed by atoms with E-state index >= 15 is 0 Å². The minimum Gasteiger partial charge on any atom is -0.344 e. The molecule has 0 unspecified atom stereocenters. The van der Waals surface area contributed by atoms with E-state index in [0.29, 0.717) is 12.5 Å². The Morgan fingerprint density at radius 1 is 1.41 bits per heavy atom. The van der Waals surface area contributed by atoms with Gasteiger partial charge in [0.1, 0.15) is 6.04 Å². The first-order valence-electron chi connectivity index (χ1n) is 6.57. The molecule has 0 bridgehead atoms. The lowest BCUT2D eigenvalue weighted by Crippen LogP contribution is -2.51. The van der Waals surface area contributed by atoms with Crippen molar-refractivity contribution in [1.29, 1.82) is 0 Å². The summed E-state index contributed by atoms with van der Waals surface area (Å²) >= 11 is 0. The first-order valence-corrected chi connectivity index (χ1v) is 6.57. The fourth-order valence-corrected chi connectivity index (χ4v) is 2.23. The number of hydrogen-bond donors (Lipinski definition) is 1. The van der Waals surface area contributed by atoms with E-state index in [-0.39, 0.29) is 23.8 Å². The van der Waals surface area contributed by atoms with Crippen LogP contribution in [0.1, 0.15) is 47.0 Å². The highest BCUT2D eigenvalue weighted by Gasteiger charge is 2.32. The molecule has 1 fully saturated rings. The zero-order chi connectivity index (χ0) is 13.0. The Morgan fingerprint density at radius 2 is 2.06 bits per heavy atom. The van der Waals surface area contributed by atoms with Crippen molar-refractivity contribution in [3.8, 4) is 0 Å². The van der Waals surface area contributed by atoms with Crippen molar-refractivity contribution in [1.82, 2.24) is 10.2 Å². The topological polar surface area (TPSA) is 49.4 Å². The third-order valence-electron chi connectivity index (χ3n) is 3.41. The van der Waals surface area contributed by atoms with Crippen LogP contribution in [0.15, 0.2) is 0 Å². The smallest absolute Gasteiger partial charge is 0.245 e. The molecule has 0 aromatic rings. The number of carbonyl (C=O) groups excluding carboxylic acids is 2. The molecule has 0 saturated carbocycles. The van der Waals surface area contributed by atoms with Crippen molar-refractivity contribution in [2.75, 3.05) is 6.54 Å². The lowest BCUT2D eigenvalue weighted by Gasteiger charge is -2.29. The molecule has 0 aliphatic carbocycles. The van der Waals surface area contributed by atoms with Crippen LogP contribution in [0.4, 0.5) is 0 Å². The molecule has 1 aliphatic heterocycles. The molecule has 98 valence electrons. The average Bonchev–Trinajstić information content (AvgIpc) is 2.70. The van der Waals surface area contributed by atoms with Crippen LogP contribution in [0.25, 0.3) is 0 Å². The molecule has 1 heterocycles. The summed E-state index contributed by atoms with van der Waals surface area (Å²) in [7, 11) is 0. The van der Waals surface area contributed by atoms with Crippen LogP contribution >= 0.6 is 0 Å². The maximum atomic E-state index is 12.4. The van der Waals surface area contributed by atoms with Gasteiger partial charge < -0.3 is 10.2 Å². The second-order valence-electron chi connectivity index (χ2n) is 5.17. The summed E-state index contributed by atoms with van der Waals surface area (Å²) in [5.41, 5.74) is 0. The average molecular weight is 240 g/mol. The molecule has 1 saturated heterocycles. The van der Waals surface area contributed by atoms with Gasteiger partial charge in [0, 0.05) is 19.0 Å². The highest BCUT2D eigenvalue weighted by atomic mass is 16.2. The zero-order valence-electron chi connectivity index (χ0n) is 11.3. The molecule has 17 heavy (non-hydrogen) atoms. The van der Waals surface area contributed by atoms with Crippen LogP contribution < -0.4 is 5.32 Å². The molecule has 1 rings (SSSR count). The molecule has 4 heteroatoms. The summed E-state index contributed by atoms with van der Waals surface area (Å²) in [4.78, 5) is 25.7. The van der Waals surface area contributed by atoms with Crippen LogP contribution in [0.2, 0.25) is 0 Å². The molecule has 1 N–H and O–H groups in total. The summed E-state index contributed by atoms with van der Waals surface area (Å²) in [6.07, 6.45) is 2.56. The molecule has 0 spiro atoms. The van der Waals surface area contributed by atoms with Crippen LogP contribution in [0, 0.1) is 5.92 Å². The third kappa shape index (κ3) is 3.45. The Kier molecular flexibility index (Phi) is 4.97. The van der Waals surface area contributed by atoms with Crippen molar-refractivity contribution in [3.05, 3.63) is 0 Å². The van der Waals surface area contributed by atoms with E-state index in [1.54, 1.807) is 6.92 Å². The maximum Gasteiger partial charge on any atom is 0.245 e. The van der Waals surface area contributed by atoms with E-state index in [1.807, 2.05) is 18.7 Å². The molecule has 2 amide bonds. The number of nitrogens with zero attached hydrogens (tertiary/aromatic N) is 1. The summed E-state index contributed by atoms with van der Waals surface area (Å²) < 4.78 is 0. The van der Waals surface area contributed by atoms with Crippen molar-refractivity contribution in [2.24, 2.45) is 5.92 Å². The number of rotatable bonds is 4. The first kappa shape index (κ1) is 14.0. The second-order valence-corrected chi connectivity index (χ2v) is 5.17. The maximum absolute atomic E-state index is 12.4. The first-order chi connectivity index (χ1) is 7.97. The third-order valence-corrected chi connectivity index (χ3v) is 3.41. The van der Waals surface area contributed by atoms with Gasteiger partial charge in [0.05, 0.1) is 0 Å². The van der Waals surface area contributed by atoms with E-state index in [4.69, 9.17) is 0 Å². The van der Waals surface area contributed by atoms with E-state index in [1.165, 1.54) is 0 Å². The van der Waals surface area contributed by atoms with Gasteiger partial charge in [-0.15, -0.1) is 0 Å². The Morgan fingerprint density at radius 3 is 2.47 bits per heavy atom. The number of carbonyl (C=O) groups is 2. The van der Waals surface area contributed by atoms with Crippen LogP contribution in [0.3, 0.4) is 0 Å². The Bertz CT molecular complexity index is 289. The summed E-state index contributed by atoms with van der Waals surface area (Å²) in [5.74, 6) is 0.154. The van der Waals surface area contributed by atoms with Gasteiger partial charge in [0.15, 0.2) is 0 Å².